The topological polar surface area (TPSA) is 54.1 Å². The maximum Gasteiger partial charge on any atom is 0.401 e. The lowest BCUT2D eigenvalue weighted by Crippen LogP contribution is -2.44. The molecule has 0 amide bonds. The number of guanidine groups is 1. The van der Waals surface area contributed by atoms with Gasteiger partial charge in [0.2, 0.25) is 0 Å². The average Bonchev–Trinajstić information content (AvgIpc) is 2.33. The Morgan fingerprint density at radius 3 is 2.58 bits per heavy atom. The highest BCUT2D eigenvalue weighted by Crippen LogP contribution is 2.15. The van der Waals surface area contributed by atoms with Crippen LogP contribution in [0.1, 0.15) is 6.42 Å². The van der Waals surface area contributed by atoms with E-state index in [-0.39, 0.29) is 0 Å². The summed E-state index contributed by atoms with van der Waals surface area (Å²) in [4.78, 5) is 7.33. The molecule has 0 unspecified atom stereocenters. The van der Waals surface area contributed by atoms with Crippen LogP contribution in [0, 0.1) is 0 Å². The van der Waals surface area contributed by atoms with E-state index < -0.39 is 12.7 Å². The van der Waals surface area contributed by atoms with Gasteiger partial charge in [0.05, 0.1) is 19.8 Å². The molecule has 5 nitrogen and oxygen atoms in total. The van der Waals surface area contributed by atoms with Gasteiger partial charge in [0, 0.05) is 19.6 Å². The molecule has 1 aliphatic rings. The van der Waals surface area contributed by atoms with Gasteiger partial charge in [0.1, 0.15) is 0 Å². The Bertz CT molecular complexity index is 290. The number of hydrogen-bond donors (Lipinski definition) is 1. The summed E-state index contributed by atoms with van der Waals surface area (Å²) in [5.74, 6) is 0.446. The number of hydrogen-bond acceptors (Lipinski definition) is 3. The predicted octanol–water partition coefficient (Wildman–Crippen LogP) is 0.517. The van der Waals surface area contributed by atoms with Crippen molar-refractivity contribution in [2.75, 3.05) is 53.0 Å². The Balaban J connectivity index is 2.18. The lowest BCUT2D eigenvalue weighted by Gasteiger charge is -2.27. The lowest BCUT2D eigenvalue weighted by molar-refractivity contribution is -0.143. The third kappa shape index (κ3) is 7.22. The van der Waals surface area contributed by atoms with Crippen LogP contribution < -0.4 is 5.73 Å². The molecule has 1 fully saturated rings. The van der Waals surface area contributed by atoms with Crippen LogP contribution in [0.25, 0.3) is 0 Å². The van der Waals surface area contributed by atoms with Crippen molar-refractivity contribution in [3.8, 4) is 0 Å². The van der Waals surface area contributed by atoms with Crippen LogP contribution in [0.2, 0.25) is 0 Å². The van der Waals surface area contributed by atoms with E-state index in [4.69, 9.17) is 10.5 Å². The Morgan fingerprint density at radius 1 is 1.37 bits per heavy atom. The number of halogens is 3. The molecule has 1 saturated heterocycles. The Morgan fingerprint density at radius 2 is 2.00 bits per heavy atom. The smallest absolute Gasteiger partial charge is 0.378 e. The van der Waals surface area contributed by atoms with Crippen molar-refractivity contribution >= 4 is 5.96 Å². The van der Waals surface area contributed by atoms with Gasteiger partial charge < -0.3 is 15.4 Å². The summed E-state index contributed by atoms with van der Waals surface area (Å²) in [6, 6.07) is 0. The first-order valence-corrected chi connectivity index (χ1v) is 6.26. The van der Waals surface area contributed by atoms with E-state index in [0.29, 0.717) is 51.8 Å². The van der Waals surface area contributed by atoms with Gasteiger partial charge in [-0.1, -0.05) is 0 Å². The molecule has 1 aliphatic heterocycles. The molecule has 0 aromatic rings. The Kier molecular flexibility index (Phi) is 6.36. The maximum absolute atomic E-state index is 12.1. The van der Waals surface area contributed by atoms with E-state index >= 15 is 0 Å². The molecule has 0 aromatic heterocycles. The van der Waals surface area contributed by atoms with E-state index in [0.717, 1.165) is 0 Å². The second kappa shape index (κ2) is 7.54. The molecule has 0 bridgehead atoms. The Labute approximate surface area is 111 Å². The standard InChI is InChI=1S/C11H21F3N4O/c1-17(9-11(12,13)14)4-2-3-16-10(15)18-5-7-19-8-6-18/h2-9H2,1H3,(H2,15,16). The van der Waals surface area contributed by atoms with Crippen LogP contribution in [0.5, 0.6) is 0 Å². The third-order valence-corrected chi connectivity index (χ3v) is 2.76. The molecule has 0 aromatic carbocycles. The normalized spacial score (nSPS) is 18.2. The van der Waals surface area contributed by atoms with Crippen molar-refractivity contribution < 1.29 is 17.9 Å². The van der Waals surface area contributed by atoms with Gasteiger partial charge in [0.15, 0.2) is 5.96 Å². The maximum atomic E-state index is 12.1. The van der Waals surface area contributed by atoms with Gasteiger partial charge in [-0.3, -0.25) is 9.89 Å². The minimum absolute atomic E-state index is 0.347. The number of ether oxygens (including phenoxy) is 1. The molecule has 2 N–H and O–H groups in total. The fourth-order valence-corrected chi connectivity index (χ4v) is 1.81. The molecular weight excluding hydrogens is 261 g/mol. The molecule has 0 spiro atoms. The highest BCUT2D eigenvalue weighted by Gasteiger charge is 2.28. The Hall–Kier alpha value is -1.02. The zero-order valence-electron chi connectivity index (χ0n) is 11.1. The minimum atomic E-state index is -4.15. The molecule has 0 aliphatic carbocycles. The van der Waals surface area contributed by atoms with Crippen molar-refractivity contribution in [2.24, 2.45) is 10.7 Å². The number of morpholine rings is 1. The van der Waals surface area contributed by atoms with Crippen LogP contribution in [0.15, 0.2) is 4.99 Å². The second-order valence-electron chi connectivity index (χ2n) is 4.55. The van der Waals surface area contributed by atoms with E-state index in [1.165, 1.54) is 11.9 Å². The van der Waals surface area contributed by atoms with Crippen LogP contribution in [-0.2, 0) is 4.74 Å². The minimum Gasteiger partial charge on any atom is -0.378 e. The average molecular weight is 282 g/mol. The van der Waals surface area contributed by atoms with Gasteiger partial charge in [-0.15, -0.1) is 0 Å². The molecule has 112 valence electrons. The van der Waals surface area contributed by atoms with Crippen molar-refractivity contribution in [1.82, 2.24) is 9.80 Å². The molecule has 1 heterocycles. The van der Waals surface area contributed by atoms with Crippen molar-refractivity contribution in [1.29, 1.82) is 0 Å². The van der Waals surface area contributed by atoms with E-state index in [2.05, 4.69) is 4.99 Å². The van der Waals surface area contributed by atoms with Crippen LogP contribution in [-0.4, -0.2) is 74.9 Å². The summed E-state index contributed by atoms with van der Waals surface area (Å²) < 4.78 is 41.4. The number of rotatable bonds is 5. The first-order valence-electron chi connectivity index (χ1n) is 6.26. The molecule has 0 radical (unpaired) electrons. The van der Waals surface area contributed by atoms with E-state index in [1.54, 1.807) is 0 Å². The molecule has 8 heteroatoms. The van der Waals surface area contributed by atoms with Crippen molar-refractivity contribution in [3.63, 3.8) is 0 Å². The summed E-state index contributed by atoms with van der Waals surface area (Å²) in [6.07, 6.45) is -3.59. The quantitative estimate of drug-likeness (QED) is 0.454. The summed E-state index contributed by atoms with van der Waals surface area (Å²) in [7, 11) is 1.45. The van der Waals surface area contributed by atoms with Crippen LogP contribution >= 0.6 is 0 Å². The molecule has 1 rings (SSSR count). The number of aliphatic imine (C=N–C) groups is 1. The third-order valence-electron chi connectivity index (χ3n) is 2.76. The number of nitrogens with zero attached hydrogens (tertiary/aromatic N) is 3. The zero-order valence-corrected chi connectivity index (χ0v) is 11.1. The monoisotopic (exact) mass is 282 g/mol. The fourth-order valence-electron chi connectivity index (χ4n) is 1.81. The van der Waals surface area contributed by atoms with Crippen molar-refractivity contribution in [3.05, 3.63) is 0 Å². The highest BCUT2D eigenvalue weighted by atomic mass is 19.4. The van der Waals surface area contributed by atoms with Crippen LogP contribution in [0.4, 0.5) is 13.2 Å². The first kappa shape index (κ1) is 16.0. The summed E-state index contributed by atoms with van der Waals surface area (Å²) >= 11 is 0. The highest BCUT2D eigenvalue weighted by molar-refractivity contribution is 5.78. The molecular formula is C11H21F3N4O. The molecule has 0 saturated carbocycles. The van der Waals surface area contributed by atoms with Gasteiger partial charge in [-0.25, -0.2) is 0 Å². The lowest BCUT2D eigenvalue weighted by atomic mass is 10.4. The van der Waals surface area contributed by atoms with Gasteiger partial charge >= 0.3 is 6.18 Å². The molecule has 0 atom stereocenters. The summed E-state index contributed by atoms with van der Waals surface area (Å²) in [6.45, 7) is 2.57. The molecule has 19 heavy (non-hydrogen) atoms. The van der Waals surface area contributed by atoms with Crippen molar-refractivity contribution in [2.45, 2.75) is 12.6 Å². The number of nitrogens with two attached hydrogens (primary N) is 1. The SMILES string of the molecule is CN(CCCN=C(N)N1CCOCC1)CC(F)(F)F. The van der Waals surface area contributed by atoms with E-state index in [1.807, 2.05) is 4.90 Å². The number of alkyl halides is 3. The summed E-state index contributed by atoms with van der Waals surface area (Å²) in [5, 5.41) is 0. The van der Waals surface area contributed by atoms with Gasteiger partial charge in [-0.2, -0.15) is 13.2 Å². The first-order chi connectivity index (χ1) is 8.88. The summed E-state index contributed by atoms with van der Waals surface area (Å²) in [5.41, 5.74) is 5.79. The van der Waals surface area contributed by atoms with E-state index in [9.17, 15) is 13.2 Å². The van der Waals surface area contributed by atoms with Gasteiger partial charge in [-0.05, 0) is 20.0 Å². The fraction of sp³-hybridized carbons (Fsp3) is 0.909. The van der Waals surface area contributed by atoms with Gasteiger partial charge in [0.25, 0.3) is 0 Å². The predicted molar refractivity (Wildman–Crippen MR) is 67.1 cm³/mol. The zero-order chi connectivity index (χ0) is 14.3. The van der Waals surface area contributed by atoms with Crippen LogP contribution in [0.3, 0.4) is 0 Å². The largest absolute Gasteiger partial charge is 0.401 e. The second-order valence-corrected chi connectivity index (χ2v) is 4.55.